The Morgan fingerprint density at radius 1 is 1.36 bits per heavy atom. The van der Waals surface area contributed by atoms with Gasteiger partial charge in [0, 0.05) is 4.91 Å². The van der Waals surface area contributed by atoms with E-state index in [1.54, 1.807) is 0 Å². The summed E-state index contributed by atoms with van der Waals surface area (Å²) in [6.45, 7) is 11.0. The Bertz CT molecular complexity index is 278. The van der Waals surface area contributed by atoms with Gasteiger partial charge in [0.25, 0.3) is 0 Å². The molecular formula is C10H19BrOSSi. The molecule has 0 spiro atoms. The van der Waals surface area contributed by atoms with E-state index in [1.807, 2.05) is 0 Å². The Hall–Kier alpha value is 0.487. The first-order valence-electron chi connectivity index (χ1n) is 4.76. The summed E-state index contributed by atoms with van der Waals surface area (Å²) < 4.78 is 6.20. The van der Waals surface area contributed by atoms with E-state index < -0.39 is 8.32 Å². The van der Waals surface area contributed by atoms with Crippen LogP contribution in [-0.2, 0) is 4.43 Å². The zero-order valence-electron chi connectivity index (χ0n) is 9.47. The van der Waals surface area contributed by atoms with Crippen LogP contribution >= 0.6 is 24.1 Å². The minimum absolute atomic E-state index is 0.122. The second-order valence-corrected chi connectivity index (χ2v) is 13.1. The van der Waals surface area contributed by atoms with Gasteiger partial charge in [-0.3, -0.25) is 0 Å². The highest BCUT2D eigenvalue weighted by Crippen LogP contribution is 2.53. The lowest BCUT2D eigenvalue weighted by atomic mass is 10.1. The van der Waals surface area contributed by atoms with E-state index in [0.29, 0.717) is 0 Å². The molecule has 0 radical (unpaired) electrons. The van der Waals surface area contributed by atoms with Crippen LogP contribution in [0.1, 0.15) is 13.8 Å². The SMILES string of the molecule is CC(C)(O[Si](C)(C)C)C1=CC=C[SH]1Br. The highest BCUT2D eigenvalue weighted by molar-refractivity contribution is 9.55. The maximum atomic E-state index is 6.20. The van der Waals surface area contributed by atoms with Gasteiger partial charge in [0.15, 0.2) is 8.32 Å². The van der Waals surface area contributed by atoms with Gasteiger partial charge in [0.1, 0.15) is 0 Å². The van der Waals surface area contributed by atoms with Crippen molar-refractivity contribution in [3.63, 3.8) is 0 Å². The van der Waals surface area contributed by atoms with Crippen molar-refractivity contribution in [1.29, 1.82) is 0 Å². The Morgan fingerprint density at radius 2 is 1.93 bits per heavy atom. The molecule has 0 saturated heterocycles. The van der Waals surface area contributed by atoms with Crippen LogP contribution in [0.3, 0.4) is 0 Å². The summed E-state index contributed by atoms with van der Waals surface area (Å²) in [5, 5.41) is 2.21. The van der Waals surface area contributed by atoms with Crippen LogP contribution < -0.4 is 0 Å². The lowest BCUT2D eigenvalue weighted by Gasteiger charge is -2.36. The fourth-order valence-corrected chi connectivity index (χ4v) is 6.60. The van der Waals surface area contributed by atoms with Gasteiger partial charge in [-0.1, -0.05) is 12.2 Å². The zero-order chi connectivity index (χ0) is 11.0. The van der Waals surface area contributed by atoms with Crippen LogP contribution in [0.15, 0.2) is 22.5 Å². The number of halogens is 1. The highest BCUT2D eigenvalue weighted by Gasteiger charge is 2.33. The molecule has 1 atom stereocenters. The molecular weight excluding hydrogens is 276 g/mol. The van der Waals surface area contributed by atoms with Gasteiger partial charge in [-0.2, -0.15) is 0 Å². The smallest absolute Gasteiger partial charge is 0.184 e. The summed E-state index contributed by atoms with van der Waals surface area (Å²) in [6, 6.07) is 0. The van der Waals surface area contributed by atoms with Crippen LogP contribution in [0.4, 0.5) is 0 Å². The third kappa shape index (κ3) is 3.26. The summed E-state index contributed by atoms with van der Waals surface area (Å²) in [5.74, 6) is 0. The van der Waals surface area contributed by atoms with E-state index in [0.717, 1.165) is 0 Å². The van der Waals surface area contributed by atoms with Gasteiger partial charge < -0.3 is 4.43 Å². The molecule has 0 aliphatic carbocycles. The summed E-state index contributed by atoms with van der Waals surface area (Å²) in [7, 11) is -1.75. The summed E-state index contributed by atoms with van der Waals surface area (Å²) in [6.07, 6.45) is 4.30. The molecule has 0 fully saturated rings. The van der Waals surface area contributed by atoms with E-state index in [9.17, 15) is 0 Å². The minimum atomic E-state index is -1.47. The van der Waals surface area contributed by atoms with E-state index in [4.69, 9.17) is 4.43 Å². The van der Waals surface area contributed by atoms with Crippen molar-refractivity contribution in [1.82, 2.24) is 0 Å². The highest BCUT2D eigenvalue weighted by atomic mass is 79.9. The van der Waals surface area contributed by atoms with E-state index in [-0.39, 0.29) is 14.9 Å². The first-order valence-corrected chi connectivity index (χ1v) is 11.6. The molecule has 0 aromatic carbocycles. The molecule has 0 N–H and O–H groups in total. The van der Waals surface area contributed by atoms with Gasteiger partial charge >= 0.3 is 0 Å². The van der Waals surface area contributed by atoms with Crippen molar-refractivity contribution in [3.8, 4) is 0 Å². The Morgan fingerprint density at radius 3 is 2.29 bits per heavy atom. The molecule has 1 aliphatic rings. The predicted octanol–water partition coefficient (Wildman–Crippen LogP) is 4.34. The molecule has 1 unspecified atom stereocenters. The third-order valence-electron chi connectivity index (χ3n) is 1.88. The molecule has 1 heterocycles. The average Bonchev–Trinajstić information content (AvgIpc) is 2.29. The maximum Gasteiger partial charge on any atom is 0.184 e. The van der Waals surface area contributed by atoms with Gasteiger partial charge in [-0.25, -0.2) is 0 Å². The van der Waals surface area contributed by atoms with E-state index in [1.165, 1.54) is 4.91 Å². The lowest BCUT2D eigenvalue weighted by Crippen LogP contribution is -2.39. The zero-order valence-corrected chi connectivity index (χ0v) is 12.9. The summed E-state index contributed by atoms with van der Waals surface area (Å²) in [4.78, 5) is 1.38. The normalized spacial score (nSPS) is 25.3. The van der Waals surface area contributed by atoms with Crippen molar-refractivity contribution in [2.45, 2.75) is 39.1 Å². The molecule has 1 nitrogen and oxygen atoms in total. The average molecular weight is 295 g/mol. The molecule has 1 rings (SSSR count). The molecule has 1 aliphatic heterocycles. The fraction of sp³-hybridized carbons (Fsp3) is 0.600. The van der Waals surface area contributed by atoms with Crippen LogP contribution in [0.5, 0.6) is 0 Å². The second-order valence-electron chi connectivity index (χ2n) is 4.93. The Balaban J connectivity index is 2.76. The first kappa shape index (κ1) is 12.6. The first-order chi connectivity index (χ1) is 6.22. The van der Waals surface area contributed by atoms with Gasteiger partial charge in [0.2, 0.25) is 0 Å². The molecule has 0 aromatic rings. The van der Waals surface area contributed by atoms with Crippen LogP contribution in [-0.4, -0.2) is 13.9 Å². The number of hydrogen-bond donors (Lipinski definition) is 1. The standard InChI is InChI=1S/C10H19BrOSSi/c1-10(2,12-14(3,4)5)9-7-6-8-13(9)11/h6-8,13H,1-5H3. The molecule has 82 valence electrons. The van der Waals surface area contributed by atoms with E-state index >= 15 is 0 Å². The number of thiol groups is 1. The van der Waals surface area contributed by atoms with Crippen molar-refractivity contribution >= 4 is 32.5 Å². The van der Waals surface area contributed by atoms with Crippen LogP contribution in [0.25, 0.3) is 0 Å². The van der Waals surface area contributed by atoms with Crippen molar-refractivity contribution in [2.75, 3.05) is 0 Å². The monoisotopic (exact) mass is 294 g/mol. The molecule has 14 heavy (non-hydrogen) atoms. The molecule has 0 bridgehead atoms. The quantitative estimate of drug-likeness (QED) is 0.602. The van der Waals surface area contributed by atoms with Crippen LogP contribution in [0, 0.1) is 0 Å². The van der Waals surface area contributed by atoms with Crippen molar-refractivity contribution < 1.29 is 4.43 Å². The largest absolute Gasteiger partial charge is 0.408 e. The third-order valence-corrected chi connectivity index (χ3v) is 6.44. The van der Waals surface area contributed by atoms with Gasteiger partial charge in [-0.05, 0) is 53.7 Å². The van der Waals surface area contributed by atoms with Crippen LogP contribution in [0.2, 0.25) is 19.6 Å². The Labute approximate surface area is 98.3 Å². The molecule has 0 amide bonds. The molecule has 0 saturated carbocycles. The van der Waals surface area contributed by atoms with E-state index in [2.05, 4.69) is 65.9 Å². The lowest BCUT2D eigenvalue weighted by molar-refractivity contribution is 0.150. The minimum Gasteiger partial charge on any atom is -0.408 e. The maximum absolute atomic E-state index is 6.20. The van der Waals surface area contributed by atoms with Gasteiger partial charge in [0.05, 0.1) is 5.60 Å². The fourth-order valence-electron chi connectivity index (χ4n) is 1.64. The second kappa shape index (κ2) is 4.16. The molecule has 0 aromatic heterocycles. The molecule has 4 heteroatoms. The Kier molecular flexibility index (Phi) is 3.73. The number of allylic oxidation sites excluding steroid dienone is 2. The predicted molar refractivity (Wildman–Crippen MR) is 73.6 cm³/mol. The topological polar surface area (TPSA) is 9.23 Å². The summed E-state index contributed by atoms with van der Waals surface area (Å²) in [5.41, 5.74) is -0.122. The van der Waals surface area contributed by atoms with Gasteiger partial charge in [-0.15, -0.1) is 9.33 Å². The number of rotatable bonds is 3. The summed E-state index contributed by atoms with van der Waals surface area (Å²) >= 11 is 3.69. The number of hydrogen-bond acceptors (Lipinski definition) is 1. The van der Waals surface area contributed by atoms with Crippen molar-refractivity contribution in [2.24, 2.45) is 0 Å². The van der Waals surface area contributed by atoms with Crippen molar-refractivity contribution in [3.05, 3.63) is 22.5 Å².